The first-order valence-corrected chi connectivity index (χ1v) is 8.61. The van der Waals surface area contributed by atoms with E-state index in [-0.39, 0.29) is 18.9 Å². The van der Waals surface area contributed by atoms with Crippen molar-refractivity contribution in [2.45, 2.75) is 32.4 Å². The monoisotopic (exact) mass is 368 g/mol. The van der Waals surface area contributed by atoms with Gasteiger partial charge in [-0.25, -0.2) is 0 Å². The van der Waals surface area contributed by atoms with Crippen LogP contribution in [0.4, 0.5) is 0 Å². The molecule has 2 aromatic rings. The summed E-state index contributed by atoms with van der Waals surface area (Å²) >= 11 is 0. The number of aromatic nitrogens is 1. The van der Waals surface area contributed by atoms with Crippen molar-refractivity contribution in [3.05, 3.63) is 58.4 Å². The number of hydrogen-bond donors (Lipinski definition) is 4. The Hall–Kier alpha value is -2.75. The Balaban J connectivity index is 1.79. The molecular formula is C18H21BN4O4. The van der Waals surface area contributed by atoms with E-state index in [9.17, 15) is 14.6 Å². The number of carbonyl (C=O) groups excluding carboxylic acids is 2. The number of carbonyl (C=O) groups is 2. The molecule has 0 aliphatic carbocycles. The third-order valence-electron chi connectivity index (χ3n) is 4.55. The molecule has 27 heavy (non-hydrogen) atoms. The molecule has 0 fully saturated rings. The Bertz CT molecular complexity index is 890. The Labute approximate surface area is 157 Å². The summed E-state index contributed by atoms with van der Waals surface area (Å²) < 4.78 is 5.52. The van der Waals surface area contributed by atoms with Gasteiger partial charge >= 0.3 is 7.12 Å². The molecule has 0 bridgehead atoms. The number of nitrogens with zero attached hydrogens (tertiary/aromatic N) is 1. The maximum Gasteiger partial charge on any atom is 0.547 e. The SMILES string of the molecule is CC(=O)c1cccc2c1OB(O)[C@@H](NC(=O)c1cnc(CN)c(CN)c1)C2. The number of hydrogen-bond acceptors (Lipinski definition) is 7. The summed E-state index contributed by atoms with van der Waals surface area (Å²) in [5, 5.41) is 13.1. The van der Waals surface area contributed by atoms with Gasteiger partial charge in [0.1, 0.15) is 5.75 Å². The number of pyridine rings is 1. The molecule has 0 saturated heterocycles. The minimum Gasteiger partial charge on any atom is -0.534 e. The number of Topliss-reactive ketones (excluding diaryl/α,β-unsaturated/α-hetero) is 1. The van der Waals surface area contributed by atoms with Crippen molar-refractivity contribution in [3.63, 3.8) is 0 Å². The molecule has 3 rings (SSSR count). The van der Waals surface area contributed by atoms with E-state index >= 15 is 0 Å². The molecule has 6 N–H and O–H groups in total. The maximum absolute atomic E-state index is 12.6. The Morgan fingerprint density at radius 2 is 2.15 bits per heavy atom. The van der Waals surface area contributed by atoms with Crippen molar-refractivity contribution in [3.8, 4) is 5.75 Å². The van der Waals surface area contributed by atoms with Crippen molar-refractivity contribution >= 4 is 18.8 Å². The van der Waals surface area contributed by atoms with E-state index in [1.165, 1.54) is 13.1 Å². The number of rotatable bonds is 5. The van der Waals surface area contributed by atoms with Crippen LogP contribution in [-0.2, 0) is 19.5 Å². The Kier molecular flexibility index (Phi) is 5.55. The summed E-state index contributed by atoms with van der Waals surface area (Å²) in [6, 6.07) is 6.84. The number of nitrogens with two attached hydrogens (primary N) is 2. The minimum absolute atomic E-state index is 0.151. The standard InChI is InChI=1S/C18H21BN4O4/c1-10(24)14-4-2-3-11-6-16(19(26)27-17(11)14)23-18(25)13-5-12(7-20)15(8-21)22-9-13/h2-5,9,16,26H,6-8,20-21H2,1H3,(H,23,25)/t16-/m0/s1. The lowest BCUT2D eigenvalue weighted by Crippen LogP contribution is -2.53. The van der Waals surface area contributed by atoms with Gasteiger partial charge in [-0.3, -0.25) is 14.6 Å². The van der Waals surface area contributed by atoms with Crippen LogP contribution in [0.2, 0.25) is 0 Å². The molecule has 1 atom stereocenters. The first-order valence-electron chi connectivity index (χ1n) is 8.61. The molecule has 2 heterocycles. The van der Waals surface area contributed by atoms with Crippen LogP contribution in [0.15, 0.2) is 30.5 Å². The van der Waals surface area contributed by atoms with Gasteiger partial charge in [0, 0.05) is 19.3 Å². The van der Waals surface area contributed by atoms with Crippen LogP contribution < -0.4 is 21.4 Å². The molecule has 0 radical (unpaired) electrons. The van der Waals surface area contributed by atoms with Crippen LogP contribution in [0, 0.1) is 0 Å². The van der Waals surface area contributed by atoms with Gasteiger partial charge in [0.2, 0.25) is 0 Å². The molecule has 1 aliphatic rings. The quantitative estimate of drug-likeness (QED) is 0.429. The molecule has 0 saturated carbocycles. The van der Waals surface area contributed by atoms with E-state index in [0.717, 1.165) is 5.56 Å². The van der Waals surface area contributed by atoms with Gasteiger partial charge in [-0.05, 0) is 36.6 Å². The largest absolute Gasteiger partial charge is 0.547 e. The minimum atomic E-state index is -1.27. The summed E-state index contributed by atoms with van der Waals surface area (Å²) in [7, 11) is -1.27. The fourth-order valence-corrected chi connectivity index (χ4v) is 3.10. The highest BCUT2D eigenvalue weighted by Crippen LogP contribution is 2.30. The zero-order valence-electron chi connectivity index (χ0n) is 14.9. The normalized spacial score (nSPS) is 15.7. The summed E-state index contributed by atoms with van der Waals surface area (Å²) in [6.45, 7) is 1.89. The van der Waals surface area contributed by atoms with Gasteiger partial charge in [0.15, 0.2) is 5.78 Å². The lowest BCUT2D eigenvalue weighted by atomic mass is 9.72. The molecule has 1 aromatic heterocycles. The highest BCUT2D eigenvalue weighted by Gasteiger charge is 2.37. The molecule has 1 amide bonds. The van der Waals surface area contributed by atoms with Crippen molar-refractivity contribution in [2.24, 2.45) is 11.5 Å². The lowest BCUT2D eigenvalue weighted by molar-refractivity contribution is 0.0938. The second kappa shape index (κ2) is 7.87. The summed E-state index contributed by atoms with van der Waals surface area (Å²) in [5.41, 5.74) is 14.1. The number of nitrogens with one attached hydrogen (secondary N) is 1. The van der Waals surface area contributed by atoms with Crippen LogP contribution in [0.25, 0.3) is 0 Å². The van der Waals surface area contributed by atoms with Gasteiger partial charge in [0.05, 0.1) is 22.8 Å². The zero-order chi connectivity index (χ0) is 19.6. The number of benzene rings is 1. The average molecular weight is 368 g/mol. The second-order valence-corrected chi connectivity index (χ2v) is 6.38. The Morgan fingerprint density at radius 1 is 1.37 bits per heavy atom. The lowest BCUT2D eigenvalue weighted by Gasteiger charge is -2.29. The number of fused-ring (bicyclic) bond motifs is 1. The predicted molar refractivity (Wildman–Crippen MR) is 100 cm³/mol. The van der Waals surface area contributed by atoms with E-state index in [1.807, 2.05) is 0 Å². The van der Waals surface area contributed by atoms with Crippen molar-refractivity contribution in [2.75, 3.05) is 0 Å². The van der Waals surface area contributed by atoms with Gasteiger partial charge in [-0.1, -0.05) is 12.1 Å². The highest BCUT2D eigenvalue weighted by atomic mass is 16.5. The summed E-state index contributed by atoms with van der Waals surface area (Å²) in [5.74, 6) is -0.855. The predicted octanol–water partition coefficient (Wildman–Crippen LogP) is -0.0452. The van der Waals surface area contributed by atoms with E-state index in [2.05, 4.69) is 10.3 Å². The van der Waals surface area contributed by atoms with Gasteiger partial charge in [-0.2, -0.15) is 0 Å². The highest BCUT2D eigenvalue weighted by molar-refractivity contribution is 6.47. The fraction of sp³-hybridized carbons (Fsp3) is 0.278. The summed E-state index contributed by atoms with van der Waals surface area (Å²) in [4.78, 5) is 28.5. The van der Waals surface area contributed by atoms with Crippen LogP contribution >= 0.6 is 0 Å². The molecule has 1 aromatic carbocycles. The summed E-state index contributed by atoms with van der Waals surface area (Å²) in [6.07, 6.45) is 1.76. The number of para-hydroxylation sites is 1. The van der Waals surface area contributed by atoms with Gasteiger partial charge < -0.3 is 26.5 Å². The smallest absolute Gasteiger partial charge is 0.534 e. The van der Waals surface area contributed by atoms with Crippen LogP contribution in [0.1, 0.15) is 44.5 Å². The molecule has 0 spiro atoms. The van der Waals surface area contributed by atoms with Crippen molar-refractivity contribution < 1.29 is 19.3 Å². The van der Waals surface area contributed by atoms with Crippen molar-refractivity contribution in [1.29, 1.82) is 0 Å². The van der Waals surface area contributed by atoms with Crippen LogP contribution in [-0.4, -0.2) is 34.8 Å². The third kappa shape index (κ3) is 3.85. The molecule has 1 aliphatic heterocycles. The number of ketones is 1. The maximum atomic E-state index is 12.6. The molecular weight excluding hydrogens is 347 g/mol. The van der Waals surface area contributed by atoms with Gasteiger partial charge in [0.25, 0.3) is 5.91 Å². The molecule has 0 unspecified atom stereocenters. The second-order valence-electron chi connectivity index (χ2n) is 6.38. The molecule has 8 nitrogen and oxygen atoms in total. The van der Waals surface area contributed by atoms with Gasteiger partial charge in [-0.15, -0.1) is 0 Å². The van der Waals surface area contributed by atoms with Crippen LogP contribution in [0.5, 0.6) is 5.75 Å². The van der Waals surface area contributed by atoms with E-state index in [4.69, 9.17) is 16.1 Å². The molecule has 140 valence electrons. The number of amides is 1. The zero-order valence-corrected chi connectivity index (χ0v) is 14.9. The van der Waals surface area contributed by atoms with Crippen LogP contribution in [0.3, 0.4) is 0 Å². The first kappa shape index (κ1) is 19.0. The fourth-order valence-electron chi connectivity index (χ4n) is 3.10. The van der Waals surface area contributed by atoms with E-state index in [0.29, 0.717) is 34.6 Å². The van der Waals surface area contributed by atoms with E-state index in [1.54, 1.807) is 24.3 Å². The topological polar surface area (TPSA) is 141 Å². The van der Waals surface area contributed by atoms with Crippen molar-refractivity contribution in [1.82, 2.24) is 10.3 Å². The molecule has 9 heteroatoms. The van der Waals surface area contributed by atoms with E-state index < -0.39 is 19.0 Å². The third-order valence-corrected chi connectivity index (χ3v) is 4.55. The average Bonchev–Trinajstić information content (AvgIpc) is 2.67. The first-order chi connectivity index (χ1) is 12.9. The Morgan fingerprint density at radius 3 is 2.81 bits per heavy atom.